The Hall–Kier alpha value is -2.01. The normalized spacial score (nSPS) is 10.5. The molecule has 2 aromatic carbocycles. The van der Waals surface area contributed by atoms with Gasteiger partial charge in [0.05, 0.1) is 15.6 Å². The standard InChI is InChI=1S/C19H14Cl2N2OS/c20-16-6-5-14(11-17(16)21)23-19(24)15-3-1-2-4-18(15)25-12-13-7-9-22-10-8-13/h1-11H,12H2,(H,23,24). The molecule has 1 aromatic heterocycles. The fraction of sp³-hybridized carbons (Fsp3) is 0.0526. The molecule has 0 saturated carbocycles. The van der Waals surface area contributed by atoms with Gasteiger partial charge in [-0.25, -0.2) is 0 Å². The van der Waals surface area contributed by atoms with Crippen LogP contribution in [0.2, 0.25) is 10.0 Å². The van der Waals surface area contributed by atoms with E-state index in [1.807, 2.05) is 36.4 Å². The van der Waals surface area contributed by atoms with Crippen LogP contribution in [0, 0.1) is 0 Å². The molecule has 6 heteroatoms. The number of nitrogens with zero attached hydrogens (tertiary/aromatic N) is 1. The molecule has 0 aliphatic carbocycles. The second-order valence-corrected chi connectivity index (χ2v) is 7.05. The van der Waals surface area contributed by atoms with E-state index in [1.165, 1.54) is 0 Å². The average molecular weight is 389 g/mol. The maximum atomic E-state index is 12.6. The van der Waals surface area contributed by atoms with Gasteiger partial charge >= 0.3 is 0 Å². The van der Waals surface area contributed by atoms with Crippen LogP contribution in [-0.4, -0.2) is 10.9 Å². The number of hydrogen-bond donors (Lipinski definition) is 1. The van der Waals surface area contributed by atoms with Gasteiger partial charge in [-0.1, -0.05) is 35.3 Å². The largest absolute Gasteiger partial charge is 0.322 e. The number of nitrogens with one attached hydrogen (secondary N) is 1. The Kier molecular flexibility index (Phi) is 5.97. The molecule has 126 valence electrons. The number of halogens is 2. The Balaban J connectivity index is 1.75. The van der Waals surface area contributed by atoms with Crippen LogP contribution in [0.15, 0.2) is 71.9 Å². The molecule has 0 aliphatic heterocycles. The van der Waals surface area contributed by atoms with Crippen LogP contribution in [0.3, 0.4) is 0 Å². The molecule has 0 saturated heterocycles. The van der Waals surface area contributed by atoms with Crippen molar-refractivity contribution in [3.8, 4) is 0 Å². The summed E-state index contributed by atoms with van der Waals surface area (Å²) in [4.78, 5) is 17.6. The minimum atomic E-state index is -0.184. The number of hydrogen-bond acceptors (Lipinski definition) is 3. The highest BCUT2D eigenvalue weighted by Crippen LogP contribution is 2.28. The molecule has 1 N–H and O–H groups in total. The van der Waals surface area contributed by atoms with Gasteiger partial charge in [-0.2, -0.15) is 0 Å². The van der Waals surface area contributed by atoms with Crippen molar-refractivity contribution in [3.63, 3.8) is 0 Å². The lowest BCUT2D eigenvalue weighted by Crippen LogP contribution is -2.13. The highest BCUT2D eigenvalue weighted by Gasteiger charge is 2.12. The zero-order valence-electron chi connectivity index (χ0n) is 13.1. The lowest BCUT2D eigenvalue weighted by atomic mass is 10.2. The number of carbonyl (C=O) groups is 1. The van der Waals surface area contributed by atoms with Gasteiger partial charge in [-0.15, -0.1) is 11.8 Å². The SMILES string of the molecule is O=C(Nc1ccc(Cl)c(Cl)c1)c1ccccc1SCc1ccncc1. The van der Waals surface area contributed by atoms with Gasteiger partial charge in [-0.3, -0.25) is 9.78 Å². The molecule has 0 atom stereocenters. The molecule has 0 spiro atoms. The van der Waals surface area contributed by atoms with E-state index in [0.717, 1.165) is 16.2 Å². The predicted molar refractivity (Wildman–Crippen MR) is 105 cm³/mol. The third kappa shape index (κ3) is 4.75. The Morgan fingerprint density at radius 2 is 1.76 bits per heavy atom. The van der Waals surface area contributed by atoms with Gasteiger partial charge in [0.1, 0.15) is 0 Å². The fourth-order valence-electron chi connectivity index (χ4n) is 2.19. The minimum Gasteiger partial charge on any atom is -0.322 e. The first-order chi connectivity index (χ1) is 12.1. The molecular formula is C19H14Cl2N2OS. The van der Waals surface area contributed by atoms with Crippen molar-refractivity contribution in [2.75, 3.05) is 5.32 Å². The third-order valence-electron chi connectivity index (χ3n) is 3.45. The molecule has 3 rings (SSSR count). The summed E-state index contributed by atoms with van der Waals surface area (Å²) < 4.78 is 0. The van der Waals surface area contributed by atoms with Crippen LogP contribution < -0.4 is 5.32 Å². The average Bonchev–Trinajstić information content (AvgIpc) is 2.64. The molecular weight excluding hydrogens is 375 g/mol. The third-order valence-corrected chi connectivity index (χ3v) is 5.34. The van der Waals surface area contributed by atoms with E-state index in [2.05, 4.69) is 10.3 Å². The number of pyridine rings is 1. The lowest BCUT2D eigenvalue weighted by molar-refractivity contribution is 0.102. The van der Waals surface area contributed by atoms with Crippen molar-refractivity contribution in [2.24, 2.45) is 0 Å². The number of aromatic nitrogens is 1. The van der Waals surface area contributed by atoms with Gasteiger partial charge in [0.2, 0.25) is 0 Å². The minimum absolute atomic E-state index is 0.184. The van der Waals surface area contributed by atoms with Gasteiger partial charge in [0.15, 0.2) is 0 Å². The monoisotopic (exact) mass is 388 g/mol. The van der Waals surface area contributed by atoms with Crippen LogP contribution in [-0.2, 0) is 5.75 Å². The molecule has 0 aliphatic rings. The van der Waals surface area contributed by atoms with Crippen molar-refractivity contribution < 1.29 is 4.79 Å². The summed E-state index contributed by atoms with van der Waals surface area (Å²) in [5.41, 5.74) is 2.38. The first-order valence-electron chi connectivity index (χ1n) is 7.50. The van der Waals surface area contributed by atoms with E-state index in [1.54, 1.807) is 42.4 Å². The Morgan fingerprint density at radius 1 is 1.00 bits per heavy atom. The topological polar surface area (TPSA) is 42.0 Å². The summed E-state index contributed by atoms with van der Waals surface area (Å²) in [6.07, 6.45) is 3.53. The van der Waals surface area contributed by atoms with Crippen molar-refractivity contribution in [1.82, 2.24) is 4.98 Å². The predicted octanol–water partition coefficient (Wildman–Crippen LogP) is 5.93. The van der Waals surface area contributed by atoms with Gasteiger partial charge in [0.25, 0.3) is 5.91 Å². The van der Waals surface area contributed by atoms with Crippen LogP contribution in [0.4, 0.5) is 5.69 Å². The van der Waals surface area contributed by atoms with Crippen molar-refractivity contribution in [3.05, 3.63) is 88.2 Å². The summed E-state index contributed by atoms with van der Waals surface area (Å²) in [6, 6.07) is 16.5. The van der Waals surface area contributed by atoms with Crippen molar-refractivity contribution in [2.45, 2.75) is 10.6 Å². The number of anilines is 1. The second-order valence-electron chi connectivity index (χ2n) is 5.22. The molecule has 1 amide bonds. The summed E-state index contributed by atoms with van der Waals surface area (Å²) >= 11 is 13.5. The van der Waals surface area contributed by atoms with E-state index in [-0.39, 0.29) is 5.91 Å². The van der Waals surface area contributed by atoms with E-state index in [0.29, 0.717) is 21.3 Å². The second kappa shape index (κ2) is 8.39. The van der Waals surface area contributed by atoms with Crippen LogP contribution in [0.25, 0.3) is 0 Å². The molecule has 1 heterocycles. The smallest absolute Gasteiger partial charge is 0.256 e. The van der Waals surface area contributed by atoms with E-state index in [4.69, 9.17) is 23.2 Å². The quantitative estimate of drug-likeness (QED) is 0.550. The molecule has 0 fully saturated rings. The van der Waals surface area contributed by atoms with Gasteiger partial charge in [0, 0.05) is 28.7 Å². The van der Waals surface area contributed by atoms with E-state index in [9.17, 15) is 4.79 Å². The zero-order chi connectivity index (χ0) is 17.6. The first-order valence-corrected chi connectivity index (χ1v) is 9.25. The molecule has 3 nitrogen and oxygen atoms in total. The fourth-order valence-corrected chi connectivity index (χ4v) is 3.50. The van der Waals surface area contributed by atoms with Crippen LogP contribution in [0.1, 0.15) is 15.9 Å². The Labute approximate surface area is 160 Å². The van der Waals surface area contributed by atoms with Crippen LogP contribution in [0.5, 0.6) is 0 Å². The summed E-state index contributed by atoms with van der Waals surface area (Å²) in [5, 5.41) is 3.71. The van der Waals surface area contributed by atoms with Gasteiger partial charge < -0.3 is 5.32 Å². The summed E-state index contributed by atoms with van der Waals surface area (Å²) in [5.74, 6) is 0.579. The molecule has 3 aromatic rings. The van der Waals surface area contributed by atoms with E-state index < -0.39 is 0 Å². The molecule has 0 unspecified atom stereocenters. The van der Waals surface area contributed by atoms with Crippen molar-refractivity contribution >= 4 is 46.6 Å². The number of thioether (sulfide) groups is 1. The van der Waals surface area contributed by atoms with Gasteiger partial charge in [-0.05, 0) is 48.0 Å². The molecule has 25 heavy (non-hydrogen) atoms. The molecule has 0 bridgehead atoms. The number of benzene rings is 2. The zero-order valence-corrected chi connectivity index (χ0v) is 15.4. The highest BCUT2D eigenvalue weighted by atomic mass is 35.5. The summed E-state index contributed by atoms with van der Waals surface area (Å²) in [7, 11) is 0. The summed E-state index contributed by atoms with van der Waals surface area (Å²) in [6.45, 7) is 0. The Morgan fingerprint density at radius 3 is 2.52 bits per heavy atom. The van der Waals surface area contributed by atoms with E-state index >= 15 is 0 Å². The molecule has 0 radical (unpaired) electrons. The maximum Gasteiger partial charge on any atom is 0.256 e. The first kappa shape index (κ1) is 17.8. The Bertz CT molecular complexity index is 888. The van der Waals surface area contributed by atoms with Crippen molar-refractivity contribution in [1.29, 1.82) is 0 Å². The lowest BCUT2D eigenvalue weighted by Gasteiger charge is -2.10. The number of amides is 1. The highest BCUT2D eigenvalue weighted by molar-refractivity contribution is 7.98. The number of carbonyl (C=O) groups excluding carboxylic acids is 1. The number of rotatable bonds is 5. The van der Waals surface area contributed by atoms with Crippen LogP contribution >= 0.6 is 35.0 Å². The maximum absolute atomic E-state index is 12.6.